The maximum absolute atomic E-state index is 11.9. The van der Waals surface area contributed by atoms with Crippen molar-refractivity contribution in [2.45, 2.75) is 25.9 Å². The van der Waals surface area contributed by atoms with E-state index in [2.05, 4.69) is 20.5 Å². The van der Waals surface area contributed by atoms with Gasteiger partial charge in [-0.05, 0) is 20.9 Å². The SMILES string of the molecule is CNC(C)(C)C(=O)N(C)Cc1ncn[nH]1. The average Bonchev–Trinajstić information content (AvgIpc) is 2.69. The van der Waals surface area contributed by atoms with E-state index >= 15 is 0 Å². The van der Waals surface area contributed by atoms with Gasteiger partial charge in [-0.15, -0.1) is 0 Å². The van der Waals surface area contributed by atoms with Crippen LogP contribution in [0.25, 0.3) is 0 Å². The number of nitrogens with zero attached hydrogens (tertiary/aromatic N) is 3. The molecule has 6 nitrogen and oxygen atoms in total. The first-order chi connectivity index (χ1) is 6.97. The van der Waals surface area contributed by atoms with Crippen molar-refractivity contribution in [3.8, 4) is 0 Å². The third-order valence-electron chi connectivity index (χ3n) is 2.36. The lowest BCUT2D eigenvalue weighted by Gasteiger charge is -2.28. The van der Waals surface area contributed by atoms with E-state index in [0.29, 0.717) is 12.4 Å². The summed E-state index contributed by atoms with van der Waals surface area (Å²) in [5.41, 5.74) is -0.561. The van der Waals surface area contributed by atoms with E-state index in [9.17, 15) is 4.79 Å². The predicted molar refractivity (Wildman–Crippen MR) is 56.0 cm³/mol. The van der Waals surface area contributed by atoms with Crippen LogP contribution in [0.3, 0.4) is 0 Å². The second-order valence-electron chi connectivity index (χ2n) is 3.97. The summed E-state index contributed by atoms with van der Waals surface area (Å²) < 4.78 is 0. The number of hydrogen-bond acceptors (Lipinski definition) is 4. The summed E-state index contributed by atoms with van der Waals surface area (Å²) in [4.78, 5) is 17.5. The molecular weight excluding hydrogens is 194 g/mol. The highest BCUT2D eigenvalue weighted by atomic mass is 16.2. The molecule has 1 amide bonds. The molecule has 0 atom stereocenters. The van der Waals surface area contributed by atoms with Gasteiger partial charge in [-0.3, -0.25) is 9.89 Å². The molecule has 1 heterocycles. The van der Waals surface area contributed by atoms with Gasteiger partial charge in [0.15, 0.2) is 0 Å². The van der Waals surface area contributed by atoms with Gasteiger partial charge in [0.1, 0.15) is 12.2 Å². The van der Waals surface area contributed by atoms with Gasteiger partial charge in [0.2, 0.25) is 5.91 Å². The van der Waals surface area contributed by atoms with Crippen LogP contribution in [0, 0.1) is 0 Å². The fourth-order valence-corrected chi connectivity index (χ4v) is 1.19. The van der Waals surface area contributed by atoms with E-state index < -0.39 is 5.54 Å². The molecule has 2 N–H and O–H groups in total. The van der Waals surface area contributed by atoms with Crippen LogP contribution >= 0.6 is 0 Å². The third kappa shape index (κ3) is 2.76. The minimum atomic E-state index is -0.561. The summed E-state index contributed by atoms with van der Waals surface area (Å²) in [6.07, 6.45) is 1.43. The second kappa shape index (κ2) is 4.39. The van der Waals surface area contributed by atoms with Crippen LogP contribution in [0.4, 0.5) is 0 Å². The summed E-state index contributed by atoms with van der Waals surface area (Å²) in [5.74, 6) is 0.694. The smallest absolute Gasteiger partial charge is 0.242 e. The summed E-state index contributed by atoms with van der Waals surface area (Å²) in [7, 11) is 3.50. The lowest BCUT2D eigenvalue weighted by molar-refractivity contribution is -0.136. The Labute approximate surface area is 89.1 Å². The number of amides is 1. The molecule has 1 aromatic rings. The number of likely N-dealkylation sites (N-methyl/N-ethyl adjacent to an activating group) is 2. The molecule has 0 spiro atoms. The van der Waals surface area contributed by atoms with E-state index in [-0.39, 0.29) is 5.91 Å². The molecular formula is C9H17N5O. The molecule has 6 heteroatoms. The van der Waals surface area contributed by atoms with E-state index in [4.69, 9.17) is 0 Å². The Morgan fingerprint density at radius 1 is 1.67 bits per heavy atom. The number of hydrogen-bond donors (Lipinski definition) is 2. The summed E-state index contributed by atoms with van der Waals surface area (Å²) in [6.45, 7) is 4.11. The molecule has 1 aromatic heterocycles. The summed E-state index contributed by atoms with van der Waals surface area (Å²) >= 11 is 0. The molecule has 0 aliphatic carbocycles. The number of carbonyl (C=O) groups excluding carboxylic acids is 1. The Morgan fingerprint density at radius 3 is 2.80 bits per heavy atom. The number of H-pyrrole nitrogens is 1. The minimum absolute atomic E-state index is 0.0152. The van der Waals surface area contributed by atoms with Gasteiger partial charge in [-0.25, -0.2) is 4.98 Å². The molecule has 0 radical (unpaired) electrons. The fourth-order valence-electron chi connectivity index (χ4n) is 1.19. The number of aromatic nitrogens is 3. The molecule has 0 saturated heterocycles. The van der Waals surface area contributed by atoms with Gasteiger partial charge in [-0.1, -0.05) is 0 Å². The number of carbonyl (C=O) groups is 1. The molecule has 0 aromatic carbocycles. The van der Waals surface area contributed by atoms with Gasteiger partial charge in [0.25, 0.3) is 0 Å². The van der Waals surface area contributed by atoms with Crippen LogP contribution in [-0.4, -0.2) is 45.6 Å². The lowest BCUT2D eigenvalue weighted by atomic mass is 10.0. The van der Waals surface area contributed by atoms with Crippen LogP contribution < -0.4 is 5.32 Å². The second-order valence-corrected chi connectivity index (χ2v) is 3.97. The molecule has 0 unspecified atom stereocenters. The standard InChI is InChI=1S/C9H17N5O/c1-9(2,10-3)8(15)14(4)5-7-11-6-12-13-7/h6,10H,5H2,1-4H3,(H,11,12,13). The van der Waals surface area contributed by atoms with Crippen molar-refractivity contribution < 1.29 is 4.79 Å². The molecule has 0 aliphatic rings. The first-order valence-electron chi connectivity index (χ1n) is 4.76. The van der Waals surface area contributed by atoms with Crippen molar-refractivity contribution in [1.29, 1.82) is 0 Å². The molecule has 15 heavy (non-hydrogen) atoms. The quantitative estimate of drug-likeness (QED) is 0.721. The Balaban J connectivity index is 2.61. The number of rotatable bonds is 4. The van der Waals surface area contributed by atoms with Gasteiger partial charge >= 0.3 is 0 Å². The maximum atomic E-state index is 11.9. The van der Waals surface area contributed by atoms with E-state index in [0.717, 1.165) is 0 Å². The van der Waals surface area contributed by atoms with E-state index in [1.165, 1.54) is 6.33 Å². The summed E-state index contributed by atoms with van der Waals surface area (Å²) in [6, 6.07) is 0. The topological polar surface area (TPSA) is 73.9 Å². The van der Waals surface area contributed by atoms with Gasteiger partial charge in [0.05, 0.1) is 12.1 Å². The molecule has 0 saturated carbocycles. The van der Waals surface area contributed by atoms with Crippen LogP contribution in [0.1, 0.15) is 19.7 Å². The number of nitrogens with one attached hydrogen (secondary N) is 2. The Hall–Kier alpha value is -1.43. The lowest BCUT2D eigenvalue weighted by Crippen LogP contribution is -2.51. The first kappa shape index (κ1) is 11.6. The Kier molecular flexibility index (Phi) is 3.41. The highest BCUT2D eigenvalue weighted by molar-refractivity contribution is 5.85. The van der Waals surface area contributed by atoms with Crippen LogP contribution in [-0.2, 0) is 11.3 Å². The Morgan fingerprint density at radius 2 is 2.33 bits per heavy atom. The monoisotopic (exact) mass is 211 g/mol. The zero-order chi connectivity index (χ0) is 11.5. The van der Waals surface area contributed by atoms with Gasteiger partial charge < -0.3 is 10.2 Å². The van der Waals surface area contributed by atoms with Crippen molar-refractivity contribution in [2.24, 2.45) is 0 Å². The average molecular weight is 211 g/mol. The predicted octanol–water partition coefficient (Wildman–Crippen LogP) is -0.239. The molecule has 0 fully saturated rings. The van der Waals surface area contributed by atoms with Crippen LogP contribution in [0.15, 0.2) is 6.33 Å². The number of aromatic amines is 1. The van der Waals surface area contributed by atoms with Gasteiger partial charge in [-0.2, -0.15) is 5.10 Å². The maximum Gasteiger partial charge on any atom is 0.242 e. The normalized spacial score (nSPS) is 11.5. The summed E-state index contributed by atoms with van der Waals surface area (Å²) in [5, 5.41) is 9.41. The van der Waals surface area contributed by atoms with E-state index in [1.807, 2.05) is 13.8 Å². The molecule has 0 bridgehead atoms. The van der Waals surface area contributed by atoms with Crippen LogP contribution in [0.2, 0.25) is 0 Å². The fraction of sp³-hybridized carbons (Fsp3) is 0.667. The van der Waals surface area contributed by atoms with Gasteiger partial charge in [0, 0.05) is 7.05 Å². The van der Waals surface area contributed by atoms with Crippen molar-refractivity contribution in [3.05, 3.63) is 12.2 Å². The third-order valence-corrected chi connectivity index (χ3v) is 2.36. The van der Waals surface area contributed by atoms with Crippen molar-refractivity contribution in [1.82, 2.24) is 25.4 Å². The molecule has 1 rings (SSSR count). The van der Waals surface area contributed by atoms with Crippen LogP contribution in [0.5, 0.6) is 0 Å². The minimum Gasteiger partial charge on any atom is -0.337 e. The highest BCUT2D eigenvalue weighted by Crippen LogP contribution is 2.07. The zero-order valence-corrected chi connectivity index (χ0v) is 9.53. The first-order valence-corrected chi connectivity index (χ1v) is 4.76. The van der Waals surface area contributed by atoms with Crippen molar-refractivity contribution in [2.75, 3.05) is 14.1 Å². The zero-order valence-electron chi connectivity index (χ0n) is 9.53. The Bertz CT molecular complexity index is 319. The van der Waals surface area contributed by atoms with Crippen molar-refractivity contribution >= 4 is 5.91 Å². The molecule has 0 aliphatic heterocycles. The van der Waals surface area contributed by atoms with Crippen molar-refractivity contribution in [3.63, 3.8) is 0 Å². The largest absolute Gasteiger partial charge is 0.337 e. The van der Waals surface area contributed by atoms with E-state index in [1.54, 1.807) is 19.0 Å². The highest BCUT2D eigenvalue weighted by Gasteiger charge is 2.28. The molecule has 84 valence electrons.